The Kier molecular flexibility index (Phi) is 5.17. The van der Waals surface area contributed by atoms with Gasteiger partial charge in [0.1, 0.15) is 5.69 Å². The lowest BCUT2D eigenvalue weighted by molar-refractivity contribution is 0.299. The second-order valence-corrected chi connectivity index (χ2v) is 7.91. The molecule has 158 valence electrons. The number of nitrogens with zero attached hydrogens (tertiary/aromatic N) is 2. The molecule has 3 aromatic carbocycles. The Morgan fingerprint density at radius 1 is 1.03 bits per heavy atom. The van der Waals surface area contributed by atoms with Gasteiger partial charge >= 0.3 is 0 Å². The maximum absolute atomic E-state index is 9.31. The Bertz CT molecular complexity index is 1450. The molecule has 0 aliphatic rings. The highest BCUT2D eigenvalue weighted by molar-refractivity contribution is 6.00. The fraction of sp³-hybridized carbons (Fsp3) is 0.111. The number of hydrogen-bond acceptors (Lipinski definition) is 4. The molecule has 0 fully saturated rings. The quantitative estimate of drug-likeness (QED) is 0.329. The predicted octanol–water partition coefficient (Wildman–Crippen LogP) is 5.70. The van der Waals surface area contributed by atoms with Crippen LogP contribution in [0.4, 0.5) is 5.69 Å². The topological polar surface area (TPSA) is 73.8 Å². The summed E-state index contributed by atoms with van der Waals surface area (Å²) in [5, 5.41) is 23.7. The van der Waals surface area contributed by atoms with Gasteiger partial charge in [-0.05, 0) is 53.6 Å². The number of fused-ring (bicyclic) bond motifs is 2. The molecule has 5 nitrogen and oxygen atoms in total. The van der Waals surface area contributed by atoms with Gasteiger partial charge in [-0.1, -0.05) is 49.0 Å². The van der Waals surface area contributed by atoms with Gasteiger partial charge in [0, 0.05) is 41.0 Å². The number of pyridine rings is 1. The molecule has 0 spiro atoms. The second kappa shape index (κ2) is 8.29. The second-order valence-electron chi connectivity index (χ2n) is 7.91. The molecular weight excluding hydrogens is 396 g/mol. The average Bonchev–Trinajstić information content (AvgIpc) is 3.25. The highest BCUT2D eigenvalue weighted by Gasteiger charge is 2.13. The van der Waals surface area contributed by atoms with E-state index in [0.29, 0.717) is 12.1 Å². The number of anilines is 1. The van der Waals surface area contributed by atoms with E-state index in [-0.39, 0.29) is 6.61 Å². The molecule has 2 aromatic heterocycles. The van der Waals surface area contributed by atoms with Crippen LogP contribution < -0.4 is 5.32 Å². The summed E-state index contributed by atoms with van der Waals surface area (Å²) < 4.78 is 0. The van der Waals surface area contributed by atoms with E-state index >= 15 is 0 Å². The summed E-state index contributed by atoms with van der Waals surface area (Å²) in [6.07, 6.45) is 4.42. The zero-order chi connectivity index (χ0) is 22.1. The van der Waals surface area contributed by atoms with E-state index in [1.54, 1.807) is 0 Å². The van der Waals surface area contributed by atoms with Crippen LogP contribution in [-0.2, 0) is 6.42 Å². The first-order valence-electron chi connectivity index (χ1n) is 10.6. The predicted molar refractivity (Wildman–Crippen MR) is 131 cm³/mol. The molecule has 32 heavy (non-hydrogen) atoms. The monoisotopic (exact) mass is 420 g/mol. The van der Waals surface area contributed by atoms with Gasteiger partial charge in [-0.3, -0.25) is 10.1 Å². The third-order valence-corrected chi connectivity index (χ3v) is 5.94. The molecule has 0 saturated carbocycles. The van der Waals surface area contributed by atoms with Crippen molar-refractivity contribution in [3.05, 3.63) is 96.5 Å². The largest absolute Gasteiger partial charge is 0.396 e. The maximum Gasteiger partial charge on any atom is 0.116 e. The summed E-state index contributed by atoms with van der Waals surface area (Å²) in [4.78, 5) is 4.43. The molecule has 0 unspecified atom stereocenters. The first-order chi connectivity index (χ1) is 15.7. The van der Waals surface area contributed by atoms with Gasteiger partial charge in [-0.2, -0.15) is 5.10 Å². The van der Waals surface area contributed by atoms with E-state index < -0.39 is 0 Å². The van der Waals surface area contributed by atoms with E-state index in [1.807, 2.05) is 48.8 Å². The molecule has 0 amide bonds. The maximum atomic E-state index is 9.31. The van der Waals surface area contributed by atoms with Crippen LogP contribution in [0.15, 0.2) is 79.6 Å². The molecule has 2 heterocycles. The van der Waals surface area contributed by atoms with Crippen molar-refractivity contribution in [1.29, 1.82) is 0 Å². The number of benzene rings is 3. The molecule has 3 N–H and O–H groups in total. The number of aliphatic hydroxyl groups is 1. The van der Waals surface area contributed by atoms with Crippen molar-refractivity contribution >= 4 is 33.1 Å². The summed E-state index contributed by atoms with van der Waals surface area (Å²) in [7, 11) is 0. The Morgan fingerprint density at radius 2 is 1.91 bits per heavy atom. The van der Waals surface area contributed by atoms with E-state index in [1.165, 1.54) is 5.39 Å². The van der Waals surface area contributed by atoms with Crippen molar-refractivity contribution in [3.8, 4) is 11.1 Å². The van der Waals surface area contributed by atoms with Gasteiger partial charge in [-0.15, -0.1) is 0 Å². The molecule has 0 aliphatic heterocycles. The van der Waals surface area contributed by atoms with Gasteiger partial charge in [0.05, 0.1) is 11.2 Å². The minimum absolute atomic E-state index is 0.126. The first-order valence-corrected chi connectivity index (χ1v) is 10.6. The van der Waals surface area contributed by atoms with Gasteiger partial charge in [0.15, 0.2) is 0 Å². The van der Waals surface area contributed by atoms with Crippen molar-refractivity contribution < 1.29 is 5.11 Å². The lowest BCUT2D eigenvalue weighted by Gasteiger charge is -2.14. The van der Waals surface area contributed by atoms with E-state index in [4.69, 9.17) is 0 Å². The third-order valence-electron chi connectivity index (χ3n) is 5.94. The number of aliphatic hydroxyl groups excluding tert-OH is 1. The smallest absolute Gasteiger partial charge is 0.116 e. The van der Waals surface area contributed by atoms with Crippen molar-refractivity contribution in [1.82, 2.24) is 15.2 Å². The highest BCUT2D eigenvalue weighted by Crippen LogP contribution is 2.32. The first kappa shape index (κ1) is 20.0. The molecular formula is C27H24N4O. The van der Waals surface area contributed by atoms with Crippen molar-refractivity contribution in [2.24, 2.45) is 0 Å². The number of aromatic amines is 1. The standard InChI is InChI=1S/C27H24N4O/c1-17-19(12-13-32)7-5-9-25(17)29-18(2)27-23-14-20(10-11-26(23)30-31-27)24-16-28-15-21-6-3-4-8-22(21)24/h3-11,14-16,29,32H,2,12-13H2,1H3,(H,30,31). The summed E-state index contributed by atoms with van der Waals surface area (Å²) in [5.74, 6) is 0. The summed E-state index contributed by atoms with van der Waals surface area (Å²) in [6.45, 7) is 6.43. The van der Waals surface area contributed by atoms with E-state index in [2.05, 4.69) is 58.3 Å². The Hall–Kier alpha value is -3.96. The van der Waals surface area contributed by atoms with Crippen molar-refractivity contribution in [3.63, 3.8) is 0 Å². The number of H-pyrrole nitrogens is 1. The van der Waals surface area contributed by atoms with Crippen LogP contribution in [0.2, 0.25) is 0 Å². The number of hydrogen-bond donors (Lipinski definition) is 3. The summed E-state index contributed by atoms with van der Waals surface area (Å²) in [5.41, 5.74) is 7.79. The molecule has 0 radical (unpaired) electrons. The molecule has 5 heteroatoms. The molecule has 0 saturated heterocycles. The lowest BCUT2D eigenvalue weighted by atomic mass is 9.99. The van der Waals surface area contributed by atoms with Gasteiger partial charge in [0.2, 0.25) is 0 Å². The lowest BCUT2D eigenvalue weighted by Crippen LogP contribution is -2.03. The minimum Gasteiger partial charge on any atom is -0.396 e. The zero-order valence-electron chi connectivity index (χ0n) is 17.9. The highest BCUT2D eigenvalue weighted by atomic mass is 16.2. The average molecular weight is 421 g/mol. The van der Waals surface area contributed by atoms with Crippen LogP contribution in [0.5, 0.6) is 0 Å². The van der Waals surface area contributed by atoms with Crippen molar-refractivity contribution in [2.75, 3.05) is 11.9 Å². The van der Waals surface area contributed by atoms with Crippen LogP contribution in [0.1, 0.15) is 16.8 Å². The molecule has 0 aliphatic carbocycles. The van der Waals surface area contributed by atoms with Crippen LogP contribution in [-0.4, -0.2) is 26.9 Å². The van der Waals surface area contributed by atoms with Crippen LogP contribution >= 0.6 is 0 Å². The fourth-order valence-corrected chi connectivity index (χ4v) is 4.19. The fourth-order valence-electron chi connectivity index (χ4n) is 4.19. The SMILES string of the molecule is C=C(Nc1cccc(CCO)c1C)c1n[nH]c2ccc(-c3cncc4ccccc34)cc12. The molecule has 0 atom stereocenters. The Labute approximate surface area is 186 Å². The van der Waals surface area contributed by atoms with Crippen LogP contribution in [0, 0.1) is 6.92 Å². The summed E-state index contributed by atoms with van der Waals surface area (Å²) in [6, 6.07) is 20.6. The van der Waals surface area contributed by atoms with Crippen LogP contribution in [0.25, 0.3) is 38.5 Å². The Balaban J connectivity index is 1.53. The number of nitrogens with one attached hydrogen (secondary N) is 2. The number of aromatic nitrogens is 3. The van der Waals surface area contributed by atoms with Crippen molar-refractivity contribution in [2.45, 2.75) is 13.3 Å². The van der Waals surface area contributed by atoms with Crippen LogP contribution in [0.3, 0.4) is 0 Å². The molecule has 5 rings (SSSR count). The van der Waals surface area contributed by atoms with E-state index in [0.717, 1.165) is 49.9 Å². The van der Waals surface area contributed by atoms with Gasteiger partial charge < -0.3 is 10.4 Å². The third kappa shape index (κ3) is 3.53. The number of rotatable bonds is 6. The molecule has 0 bridgehead atoms. The van der Waals surface area contributed by atoms with Gasteiger partial charge in [0.25, 0.3) is 0 Å². The molecule has 5 aromatic rings. The minimum atomic E-state index is 0.126. The zero-order valence-corrected chi connectivity index (χ0v) is 17.9. The van der Waals surface area contributed by atoms with E-state index in [9.17, 15) is 5.11 Å². The van der Waals surface area contributed by atoms with Gasteiger partial charge in [-0.25, -0.2) is 0 Å². The Morgan fingerprint density at radius 3 is 2.78 bits per heavy atom. The summed E-state index contributed by atoms with van der Waals surface area (Å²) >= 11 is 0. The normalized spacial score (nSPS) is 11.2.